The van der Waals surface area contributed by atoms with E-state index in [0.717, 1.165) is 48.9 Å². The zero-order valence-electron chi connectivity index (χ0n) is 20.6. The van der Waals surface area contributed by atoms with E-state index in [-0.39, 0.29) is 11.3 Å². The summed E-state index contributed by atoms with van der Waals surface area (Å²) in [6.07, 6.45) is 4.64. The van der Waals surface area contributed by atoms with Gasteiger partial charge in [-0.15, -0.1) is 0 Å². The summed E-state index contributed by atoms with van der Waals surface area (Å²) >= 11 is 0. The molecule has 33 heavy (non-hydrogen) atoms. The molecule has 1 saturated carbocycles. The van der Waals surface area contributed by atoms with Gasteiger partial charge in [0.1, 0.15) is 6.61 Å². The van der Waals surface area contributed by atoms with Crippen LogP contribution in [0.1, 0.15) is 94.0 Å². The fourth-order valence-electron chi connectivity index (χ4n) is 6.41. The summed E-state index contributed by atoms with van der Waals surface area (Å²) in [6, 6.07) is 14.7. The minimum absolute atomic E-state index is 0.131. The van der Waals surface area contributed by atoms with E-state index in [1.54, 1.807) is 0 Å². The zero-order valence-corrected chi connectivity index (χ0v) is 20.6. The lowest BCUT2D eigenvalue weighted by Crippen LogP contribution is -2.52. The SMILES string of the molecule is C/C(=N\OCc1ccccc1)c1cc2c(cc1C(C)C)CC[C@H]1[C@](C)(C(=O)O)CCC[C@]21C. The summed E-state index contributed by atoms with van der Waals surface area (Å²) in [6.45, 7) is 11.2. The summed E-state index contributed by atoms with van der Waals surface area (Å²) in [5, 5.41) is 14.6. The van der Waals surface area contributed by atoms with E-state index in [0.29, 0.717) is 12.5 Å². The first-order valence-corrected chi connectivity index (χ1v) is 12.3. The predicted octanol–water partition coefficient (Wildman–Crippen LogP) is 6.85. The van der Waals surface area contributed by atoms with Gasteiger partial charge in [-0.2, -0.15) is 0 Å². The molecular weight excluding hydrogens is 410 g/mol. The molecule has 1 fully saturated rings. The predicted molar refractivity (Wildman–Crippen MR) is 133 cm³/mol. The molecule has 2 aromatic carbocycles. The number of benzene rings is 2. The van der Waals surface area contributed by atoms with Crippen molar-refractivity contribution < 1.29 is 14.7 Å². The highest BCUT2D eigenvalue weighted by atomic mass is 16.6. The molecule has 0 radical (unpaired) electrons. The fraction of sp³-hybridized carbons (Fsp3) is 0.517. The standard InChI is InChI=1S/C29H37NO3/c1-19(2)23-16-22-12-13-26-28(4,14-9-15-29(26,5)27(31)32)25(22)17-24(23)20(3)30-33-18-21-10-7-6-8-11-21/h6-8,10-11,16-17,19,26H,9,12-15,18H2,1-5H3,(H,31,32)/b30-20+/t26-,28-,29-/m1/s1. The molecule has 0 heterocycles. The van der Waals surface area contributed by atoms with Crippen molar-refractivity contribution in [2.45, 2.75) is 84.7 Å². The molecule has 176 valence electrons. The molecular formula is C29H37NO3. The Hall–Kier alpha value is -2.62. The molecule has 0 amide bonds. The van der Waals surface area contributed by atoms with Crippen LogP contribution in [0.15, 0.2) is 47.6 Å². The van der Waals surface area contributed by atoms with Crippen LogP contribution in [0, 0.1) is 11.3 Å². The second-order valence-electron chi connectivity index (χ2n) is 10.8. The van der Waals surface area contributed by atoms with Gasteiger partial charge in [0.25, 0.3) is 0 Å². The first-order valence-electron chi connectivity index (χ1n) is 12.3. The number of carboxylic acids is 1. The Morgan fingerprint density at radius 1 is 1.18 bits per heavy atom. The molecule has 2 aromatic rings. The van der Waals surface area contributed by atoms with Gasteiger partial charge in [0.2, 0.25) is 0 Å². The number of aryl methyl sites for hydroxylation is 1. The third-order valence-corrected chi connectivity index (χ3v) is 8.30. The summed E-state index contributed by atoms with van der Waals surface area (Å²) in [4.78, 5) is 18.0. The van der Waals surface area contributed by atoms with Crippen molar-refractivity contribution >= 4 is 11.7 Å². The highest BCUT2D eigenvalue weighted by Crippen LogP contribution is 2.57. The normalized spacial score (nSPS) is 27.1. The lowest BCUT2D eigenvalue weighted by molar-refractivity contribution is -0.157. The monoisotopic (exact) mass is 447 g/mol. The van der Waals surface area contributed by atoms with Crippen molar-refractivity contribution in [3.8, 4) is 0 Å². The van der Waals surface area contributed by atoms with Gasteiger partial charge >= 0.3 is 5.97 Å². The summed E-state index contributed by atoms with van der Waals surface area (Å²) < 4.78 is 0. The molecule has 0 unspecified atom stereocenters. The van der Waals surface area contributed by atoms with Crippen molar-refractivity contribution in [1.82, 2.24) is 0 Å². The number of aliphatic carboxylic acids is 1. The Balaban J connectivity index is 1.72. The minimum Gasteiger partial charge on any atom is -0.481 e. The number of nitrogens with zero attached hydrogens (tertiary/aromatic N) is 1. The van der Waals surface area contributed by atoms with E-state index >= 15 is 0 Å². The second-order valence-corrected chi connectivity index (χ2v) is 10.8. The number of rotatable bonds is 6. The molecule has 0 spiro atoms. The summed E-state index contributed by atoms with van der Waals surface area (Å²) in [5.74, 6) is -0.133. The van der Waals surface area contributed by atoms with E-state index < -0.39 is 11.4 Å². The molecule has 4 rings (SSSR count). The molecule has 1 N–H and O–H groups in total. The molecule has 3 atom stereocenters. The molecule has 2 aliphatic carbocycles. The van der Waals surface area contributed by atoms with Crippen LogP contribution in [0.3, 0.4) is 0 Å². The van der Waals surface area contributed by atoms with Crippen LogP contribution in [0.5, 0.6) is 0 Å². The average Bonchev–Trinajstić information content (AvgIpc) is 2.78. The number of oxime groups is 1. The maximum Gasteiger partial charge on any atom is 0.309 e. The van der Waals surface area contributed by atoms with Gasteiger partial charge in [-0.05, 0) is 85.1 Å². The molecule has 4 heteroatoms. The highest BCUT2D eigenvalue weighted by Gasteiger charge is 2.55. The van der Waals surface area contributed by atoms with Crippen LogP contribution < -0.4 is 0 Å². The Morgan fingerprint density at radius 3 is 2.58 bits per heavy atom. The third-order valence-electron chi connectivity index (χ3n) is 8.30. The van der Waals surface area contributed by atoms with E-state index in [4.69, 9.17) is 4.84 Å². The van der Waals surface area contributed by atoms with Gasteiger partial charge in [0, 0.05) is 5.56 Å². The number of carboxylic acid groups (broad SMARTS) is 1. The number of carbonyl (C=O) groups is 1. The van der Waals surface area contributed by atoms with Crippen LogP contribution in [-0.2, 0) is 28.1 Å². The molecule has 0 aromatic heterocycles. The zero-order chi connectivity index (χ0) is 23.8. The van der Waals surface area contributed by atoms with E-state index in [9.17, 15) is 9.90 Å². The van der Waals surface area contributed by atoms with Crippen molar-refractivity contribution in [3.63, 3.8) is 0 Å². The van der Waals surface area contributed by atoms with Crippen LogP contribution in [-0.4, -0.2) is 16.8 Å². The molecule has 2 aliphatic rings. The smallest absolute Gasteiger partial charge is 0.309 e. The third kappa shape index (κ3) is 4.20. The van der Waals surface area contributed by atoms with Crippen LogP contribution in [0.25, 0.3) is 0 Å². The van der Waals surface area contributed by atoms with Gasteiger partial charge in [-0.25, -0.2) is 0 Å². The molecule has 4 nitrogen and oxygen atoms in total. The van der Waals surface area contributed by atoms with Crippen molar-refractivity contribution in [2.75, 3.05) is 0 Å². The quantitative estimate of drug-likeness (QED) is 0.389. The summed E-state index contributed by atoms with van der Waals surface area (Å²) in [5.41, 5.74) is 6.29. The second kappa shape index (κ2) is 8.96. The van der Waals surface area contributed by atoms with Crippen molar-refractivity contribution in [1.29, 1.82) is 0 Å². The summed E-state index contributed by atoms with van der Waals surface area (Å²) in [7, 11) is 0. The molecule has 0 bridgehead atoms. The van der Waals surface area contributed by atoms with E-state index in [1.165, 1.54) is 16.7 Å². The van der Waals surface area contributed by atoms with Gasteiger partial charge in [-0.1, -0.05) is 68.7 Å². The van der Waals surface area contributed by atoms with Crippen LogP contribution in [0.2, 0.25) is 0 Å². The fourth-order valence-corrected chi connectivity index (χ4v) is 6.41. The molecule has 0 saturated heterocycles. The van der Waals surface area contributed by atoms with E-state index in [1.807, 2.05) is 44.2 Å². The number of hydrogen-bond donors (Lipinski definition) is 1. The Morgan fingerprint density at radius 2 is 1.91 bits per heavy atom. The van der Waals surface area contributed by atoms with Gasteiger partial charge < -0.3 is 9.94 Å². The molecule has 0 aliphatic heterocycles. The maximum atomic E-state index is 12.3. The van der Waals surface area contributed by atoms with Crippen molar-refractivity contribution in [2.24, 2.45) is 16.5 Å². The van der Waals surface area contributed by atoms with E-state index in [2.05, 4.69) is 38.1 Å². The lowest BCUT2D eigenvalue weighted by atomic mass is 9.49. The van der Waals surface area contributed by atoms with Crippen LogP contribution in [0.4, 0.5) is 0 Å². The maximum absolute atomic E-state index is 12.3. The Labute approximate surface area is 198 Å². The highest BCUT2D eigenvalue weighted by molar-refractivity contribution is 6.00. The lowest BCUT2D eigenvalue weighted by Gasteiger charge is -2.53. The first-order chi connectivity index (χ1) is 15.7. The van der Waals surface area contributed by atoms with Gasteiger partial charge in [-0.3, -0.25) is 4.79 Å². The topological polar surface area (TPSA) is 58.9 Å². The Bertz CT molecular complexity index is 1060. The Kier molecular flexibility index (Phi) is 6.39. The van der Waals surface area contributed by atoms with Crippen molar-refractivity contribution in [3.05, 3.63) is 70.3 Å². The van der Waals surface area contributed by atoms with Gasteiger partial charge in [0.05, 0.1) is 11.1 Å². The minimum atomic E-state index is -0.663. The number of fused-ring (bicyclic) bond motifs is 3. The first kappa shape index (κ1) is 23.5. The van der Waals surface area contributed by atoms with Gasteiger partial charge in [0.15, 0.2) is 0 Å². The average molecular weight is 448 g/mol. The largest absolute Gasteiger partial charge is 0.481 e. The van der Waals surface area contributed by atoms with Crippen LogP contribution >= 0.6 is 0 Å². The number of hydrogen-bond acceptors (Lipinski definition) is 3.